The molecule has 10 heteroatoms. The second-order valence-electron chi connectivity index (χ2n) is 11.7. The fourth-order valence-corrected chi connectivity index (χ4v) is 16.9. The van der Waals surface area contributed by atoms with Gasteiger partial charge < -0.3 is 0 Å². The van der Waals surface area contributed by atoms with Gasteiger partial charge in [0.25, 0.3) is 0 Å². The van der Waals surface area contributed by atoms with Crippen LogP contribution in [0.2, 0.25) is 0 Å². The first-order chi connectivity index (χ1) is 22.7. The Morgan fingerprint density at radius 3 is 0.935 bits per heavy atom. The molecule has 0 spiro atoms. The Kier molecular flexibility index (Phi) is 28.9. The highest BCUT2D eigenvalue weighted by Crippen LogP contribution is 2.66. The summed E-state index contributed by atoms with van der Waals surface area (Å²) < 4.78 is 8.58. The molecular formula is C36H58N2S8. The molecule has 0 atom stereocenters. The van der Waals surface area contributed by atoms with Gasteiger partial charge in [0, 0.05) is 24.3 Å². The second kappa shape index (κ2) is 30.8. The van der Waals surface area contributed by atoms with E-state index in [0.717, 1.165) is 11.5 Å². The van der Waals surface area contributed by atoms with E-state index < -0.39 is 0 Å². The van der Waals surface area contributed by atoms with E-state index in [9.17, 15) is 0 Å². The topological polar surface area (TPSA) is 47.6 Å². The van der Waals surface area contributed by atoms with Crippen LogP contribution in [0.3, 0.4) is 0 Å². The van der Waals surface area contributed by atoms with Crippen LogP contribution in [-0.4, -0.2) is 23.0 Å². The van der Waals surface area contributed by atoms with Crippen LogP contribution in [0.25, 0.3) is 0 Å². The van der Waals surface area contributed by atoms with Crippen molar-refractivity contribution in [2.45, 2.75) is 155 Å². The Labute approximate surface area is 317 Å². The van der Waals surface area contributed by atoms with Crippen LogP contribution >= 0.6 is 94.1 Å². The number of unbranched alkanes of at least 4 members (excludes halogenated alkanes) is 18. The number of hydrogen-bond donors (Lipinski definition) is 0. The first kappa shape index (κ1) is 43.2. The molecule has 260 valence electrons. The van der Waals surface area contributed by atoms with E-state index in [1.54, 1.807) is 0 Å². The average Bonchev–Trinajstić information content (AvgIpc) is 3.66. The quantitative estimate of drug-likeness (QED) is 0.0659. The zero-order valence-electron chi connectivity index (χ0n) is 28.5. The normalized spacial score (nSPS) is 15.0. The Balaban J connectivity index is 1.84. The molecule has 0 aliphatic carbocycles. The van der Waals surface area contributed by atoms with Gasteiger partial charge in [0.15, 0.2) is 0 Å². The summed E-state index contributed by atoms with van der Waals surface area (Å²) in [4.78, 5) is 0. The molecule has 0 N–H and O–H groups in total. The lowest BCUT2D eigenvalue weighted by molar-refractivity contribution is 0.563. The number of nitriles is 2. The van der Waals surface area contributed by atoms with Gasteiger partial charge in [-0.3, -0.25) is 0 Å². The maximum absolute atomic E-state index is 9.06. The third-order valence-corrected chi connectivity index (χ3v) is 19.3. The molecule has 0 fully saturated rings. The van der Waals surface area contributed by atoms with E-state index in [1.807, 2.05) is 70.6 Å². The lowest BCUT2D eigenvalue weighted by atomic mass is 10.1. The predicted molar refractivity (Wildman–Crippen MR) is 225 cm³/mol. The average molecular weight is 775 g/mol. The highest BCUT2D eigenvalue weighted by atomic mass is 32.3. The van der Waals surface area contributed by atoms with Crippen LogP contribution in [0.4, 0.5) is 0 Å². The summed E-state index contributed by atoms with van der Waals surface area (Å²) in [5, 5.41) is 18.1. The van der Waals surface area contributed by atoms with E-state index in [-0.39, 0.29) is 0 Å². The predicted octanol–water partition coefficient (Wildman–Crippen LogP) is 15.9. The number of thioether (sulfide) groups is 8. The molecule has 46 heavy (non-hydrogen) atoms. The van der Waals surface area contributed by atoms with Crippen molar-refractivity contribution >= 4 is 94.1 Å². The van der Waals surface area contributed by atoms with Crippen molar-refractivity contribution in [1.29, 1.82) is 10.5 Å². The van der Waals surface area contributed by atoms with Gasteiger partial charge in [0.1, 0.15) is 0 Å². The van der Waals surface area contributed by atoms with Crippen LogP contribution in [0.1, 0.15) is 155 Å². The molecule has 2 nitrogen and oxygen atoms in total. The van der Waals surface area contributed by atoms with Crippen LogP contribution in [0.5, 0.6) is 0 Å². The van der Waals surface area contributed by atoms with Crippen LogP contribution in [-0.2, 0) is 0 Å². The minimum absolute atomic E-state index is 0.575. The van der Waals surface area contributed by atoms with E-state index in [1.165, 1.54) is 165 Å². The zero-order valence-corrected chi connectivity index (χ0v) is 35.1. The molecule has 0 radical (unpaired) electrons. The van der Waals surface area contributed by atoms with Crippen molar-refractivity contribution in [3.63, 3.8) is 0 Å². The van der Waals surface area contributed by atoms with Gasteiger partial charge in [0.2, 0.25) is 0 Å². The third kappa shape index (κ3) is 20.6. The Hall–Kier alpha value is 1.000. The summed E-state index contributed by atoms with van der Waals surface area (Å²) >= 11 is 15.7. The highest BCUT2D eigenvalue weighted by molar-refractivity contribution is 8.45. The maximum Gasteiger partial charge on any atom is 0.0717 e. The Morgan fingerprint density at radius 1 is 0.391 bits per heavy atom. The van der Waals surface area contributed by atoms with E-state index in [4.69, 9.17) is 10.5 Å². The zero-order chi connectivity index (χ0) is 32.9. The first-order valence-electron chi connectivity index (χ1n) is 17.9. The monoisotopic (exact) mass is 774 g/mol. The van der Waals surface area contributed by atoms with Crippen molar-refractivity contribution in [3.8, 4) is 12.1 Å². The van der Waals surface area contributed by atoms with Gasteiger partial charge in [-0.15, -0.1) is 47.0 Å². The Bertz CT molecular complexity index is 921. The Morgan fingerprint density at radius 2 is 0.652 bits per heavy atom. The van der Waals surface area contributed by atoms with E-state index in [2.05, 4.69) is 49.5 Å². The SMILES string of the molecule is CCCCCCCCCCCCSC1=C(SCCCCCCCCCCCC)SC(=C2SC(SCCC#N)=C(SCCC#N)S2)S1. The summed E-state index contributed by atoms with van der Waals surface area (Å²) in [6, 6.07) is 4.58. The maximum atomic E-state index is 9.06. The van der Waals surface area contributed by atoms with E-state index >= 15 is 0 Å². The fraction of sp³-hybridized carbons (Fsp3) is 0.778. The smallest absolute Gasteiger partial charge is 0.0717 e. The summed E-state index contributed by atoms with van der Waals surface area (Å²) in [5.74, 6) is 4.13. The minimum Gasteiger partial charge on any atom is -0.198 e. The van der Waals surface area contributed by atoms with Crippen LogP contribution in [0, 0.1) is 22.7 Å². The summed E-state index contributed by atoms with van der Waals surface area (Å²) in [6.45, 7) is 4.59. The van der Waals surface area contributed by atoms with Crippen molar-refractivity contribution in [3.05, 3.63) is 25.4 Å². The molecule has 0 aromatic carbocycles. The molecule has 2 rings (SSSR count). The van der Waals surface area contributed by atoms with Gasteiger partial charge >= 0.3 is 0 Å². The van der Waals surface area contributed by atoms with Crippen molar-refractivity contribution < 1.29 is 0 Å². The highest BCUT2D eigenvalue weighted by Gasteiger charge is 2.30. The van der Waals surface area contributed by atoms with Crippen molar-refractivity contribution in [2.24, 2.45) is 0 Å². The number of hydrogen-bond acceptors (Lipinski definition) is 10. The lowest BCUT2D eigenvalue weighted by Gasteiger charge is -2.06. The molecule has 0 aromatic rings. The van der Waals surface area contributed by atoms with Crippen LogP contribution < -0.4 is 0 Å². The molecule has 0 bridgehead atoms. The molecule has 0 saturated carbocycles. The molecule has 2 aliphatic rings. The van der Waals surface area contributed by atoms with Crippen molar-refractivity contribution in [2.75, 3.05) is 23.0 Å². The minimum atomic E-state index is 0.575. The van der Waals surface area contributed by atoms with Gasteiger partial charge in [-0.2, -0.15) is 10.5 Å². The molecule has 0 saturated heterocycles. The fourth-order valence-electron chi connectivity index (χ4n) is 4.95. The number of nitrogens with zero attached hydrogens (tertiary/aromatic N) is 2. The largest absolute Gasteiger partial charge is 0.198 e. The second-order valence-corrected chi connectivity index (χ2v) is 21.8. The van der Waals surface area contributed by atoms with Crippen molar-refractivity contribution in [1.82, 2.24) is 0 Å². The molecule has 2 aliphatic heterocycles. The van der Waals surface area contributed by atoms with Gasteiger partial charge in [0.05, 0.1) is 37.6 Å². The molecular weight excluding hydrogens is 717 g/mol. The molecule has 2 heterocycles. The van der Waals surface area contributed by atoms with Gasteiger partial charge in [-0.05, 0) is 24.3 Å². The molecule has 0 aromatic heterocycles. The van der Waals surface area contributed by atoms with E-state index in [0.29, 0.717) is 12.8 Å². The number of rotatable bonds is 30. The van der Waals surface area contributed by atoms with Gasteiger partial charge in [-0.25, -0.2) is 0 Å². The molecule has 0 amide bonds. The van der Waals surface area contributed by atoms with Crippen LogP contribution in [0.15, 0.2) is 25.4 Å². The summed E-state index contributed by atoms with van der Waals surface area (Å²) in [7, 11) is 0. The third-order valence-electron chi connectivity index (χ3n) is 7.60. The lowest BCUT2D eigenvalue weighted by Crippen LogP contribution is -1.85. The summed E-state index contributed by atoms with van der Waals surface area (Å²) in [6.07, 6.45) is 29.0. The summed E-state index contributed by atoms with van der Waals surface area (Å²) in [5.41, 5.74) is 0. The van der Waals surface area contributed by atoms with Gasteiger partial charge in [-0.1, -0.05) is 176 Å². The standard InChI is InChI=1S/C36H58N2S8/c1-3-5-7-9-11-13-15-17-19-21-27-39-31-32(40-28-22-20-18-16-14-12-10-8-6-4-2)44-35(43-31)36-45-33(41-29-23-25-37)34(46-36)42-30-24-26-38/h3-24,27-30H2,1-2H3. The molecule has 0 unspecified atom stereocenters. The first-order valence-corrected chi connectivity index (χ1v) is 25.1.